The zero-order valence-corrected chi connectivity index (χ0v) is 12.6. The molecule has 0 aromatic carbocycles. The number of hydrogen-bond donors (Lipinski definition) is 4. The number of rotatable bonds is 9. The molecular formula is C12H19NO5S2. The second kappa shape index (κ2) is 9.56. The molecule has 114 valence electrons. The van der Waals surface area contributed by atoms with Crippen LogP contribution in [0.25, 0.3) is 0 Å². The Labute approximate surface area is 125 Å². The lowest BCUT2D eigenvalue weighted by molar-refractivity contribution is -0.113. The number of ether oxygens (including phenoxy) is 1. The first-order valence-corrected chi connectivity index (χ1v) is 8.30. The summed E-state index contributed by atoms with van der Waals surface area (Å²) in [4.78, 5) is 4.10. The zero-order chi connectivity index (χ0) is 15.0. The minimum atomic E-state index is -1.45. The molecule has 1 heterocycles. The van der Waals surface area contributed by atoms with Gasteiger partial charge in [-0.15, -0.1) is 0 Å². The maximum Gasteiger partial charge on any atom is 0.111 e. The van der Waals surface area contributed by atoms with Crippen LogP contribution in [0.2, 0.25) is 0 Å². The van der Waals surface area contributed by atoms with Crippen LogP contribution in [0.5, 0.6) is 0 Å². The summed E-state index contributed by atoms with van der Waals surface area (Å²) >= 11 is 0. The van der Waals surface area contributed by atoms with Crippen molar-refractivity contribution < 1.29 is 25.2 Å². The van der Waals surface area contributed by atoms with Crippen molar-refractivity contribution in [2.45, 2.75) is 29.4 Å². The van der Waals surface area contributed by atoms with Crippen LogP contribution in [0.15, 0.2) is 29.4 Å². The van der Waals surface area contributed by atoms with Crippen LogP contribution in [-0.4, -0.2) is 69.3 Å². The average molecular weight is 321 g/mol. The van der Waals surface area contributed by atoms with Gasteiger partial charge in [-0.3, -0.25) is 0 Å². The van der Waals surface area contributed by atoms with Gasteiger partial charge >= 0.3 is 0 Å². The van der Waals surface area contributed by atoms with Gasteiger partial charge in [0.1, 0.15) is 23.3 Å². The molecule has 4 atom stereocenters. The van der Waals surface area contributed by atoms with Crippen molar-refractivity contribution in [1.29, 1.82) is 0 Å². The molecule has 0 fully saturated rings. The fourth-order valence-corrected chi connectivity index (χ4v) is 3.43. The predicted octanol–water partition coefficient (Wildman–Crippen LogP) is -0.0881. The molecule has 0 spiro atoms. The molecule has 1 aromatic rings. The highest BCUT2D eigenvalue weighted by atomic mass is 33.1. The summed E-state index contributed by atoms with van der Waals surface area (Å²) in [7, 11) is 4.04. The van der Waals surface area contributed by atoms with E-state index in [0.717, 1.165) is 5.03 Å². The molecule has 0 saturated heterocycles. The molecule has 0 aliphatic carbocycles. The quantitative estimate of drug-likeness (QED) is 0.468. The van der Waals surface area contributed by atoms with Crippen molar-refractivity contribution in [3.05, 3.63) is 24.4 Å². The highest BCUT2D eigenvalue weighted by molar-refractivity contribution is 8.76. The Hall–Kier alpha value is -0.350. The number of aliphatic hydroxyl groups is 4. The number of aliphatic hydroxyl groups excluding tert-OH is 4. The average Bonchev–Trinajstić information content (AvgIpc) is 2.47. The second-order valence-electron chi connectivity index (χ2n) is 4.11. The molecule has 0 unspecified atom stereocenters. The summed E-state index contributed by atoms with van der Waals surface area (Å²) in [5.41, 5.74) is 0. The summed E-state index contributed by atoms with van der Waals surface area (Å²) in [6.45, 7) is -0.110. The number of aromatic nitrogens is 1. The molecule has 0 aliphatic rings. The number of methoxy groups -OCH3 is 1. The molecule has 1 aromatic heterocycles. The van der Waals surface area contributed by atoms with E-state index in [-0.39, 0.29) is 12.4 Å². The van der Waals surface area contributed by atoms with E-state index in [0.29, 0.717) is 0 Å². The van der Waals surface area contributed by atoms with E-state index in [9.17, 15) is 20.4 Å². The third-order valence-corrected chi connectivity index (χ3v) is 4.78. The Morgan fingerprint density at radius 3 is 2.45 bits per heavy atom. The zero-order valence-electron chi connectivity index (χ0n) is 11.0. The highest BCUT2D eigenvalue weighted by Gasteiger charge is 2.30. The number of nitrogens with zero attached hydrogens (tertiary/aromatic N) is 1. The molecule has 0 radical (unpaired) electrons. The van der Waals surface area contributed by atoms with Crippen LogP contribution in [-0.2, 0) is 4.74 Å². The molecule has 0 saturated carbocycles. The van der Waals surface area contributed by atoms with E-state index >= 15 is 0 Å². The smallest absolute Gasteiger partial charge is 0.111 e. The van der Waals surface area contributed by atoms with Crippen molar-refractivity contribution in [2.75, 3.05) is 19.5 Å². The summed E-state index contributed by atoms with van der Waals surface area (Å²) in [6, 6.07) is 5.49. The lowest BCUT2D eigenvalue weighted by Gasteiger charge is -2.25. The van der Waals surface area contributed by atoms with E-state index < -0.39 is 24.4 Å². The van der Waals surface area contributed by atoms with Gasteiger partial charge < -0.3 is 25.2 Å². The topological polar surface area (TPSA) is 103 Å². The number of pyridine rings is 1. The van der Waals surface area contributed by atoms with Crippen molar-refractivity contribution in [1.82, 2.24) is 4.98 Å². The van der Waals surface area contributed by atoms with Gasteiger partial charge in [0.2, 0.25) is 0 Å². The van der Waals surface area contributed by atoms with Crippen LogP contribution in [0, 0.1) is 0 Å². The minimum absolute atomic E-state index is 0.110. The monoisotopic (exact) mass is 321 g/mol. The predicted molar refractivity (Wildman–Crippen MR) is 78.5 cm³/mol. The molecule has 0 bridgehead atoms. The van der Waals surface area contributed by atoms with Crippen LogP contribution >= 0.6 is 21.6 Å². The SMILES string of the molecule is COC[C@@H](O)[C@@H](O)[C@H](O)[C@H](O)CSSc1ccccn1. The summed E-state index contributed by atoms with van der Waals surface area (Å²) < 4.78 is 4.67. The lowest BCUT2D eigenvalue weighted by Crippen LogP contribution is -2.46. The van der Waals surface area contributed by atoms with Gasteiger partial charge in [-0.1, -0.05) is 16.9 Å². The molecule has 0 amide bonds. The Morgan fingerprint density at radius 2 is 1.85 bits per heavy atom. The Kier molecular flexibility index (Phi) is 8.46. The summed E-state index contributed by atoms with van der Waals surface area (Å²) in [5.74, 6) is 0.194. The van der Waals surface area contributed by atoms with Gasteiger partial charge in [-0.2, -0.15) is 0 Å². The largest absolute Gasteiger partial charge is 0.389 e. The van der Waals surface area contributed by atoms with E-state index in [1.165, 1.54) is 28.7 Å². The van der Waals surface area contributed by atoms with Crippen molar-refractivity contribution in [2.24, 2.45) is 0 Å². The van der Waals surface area contributed by atoms with E-state index in [4.69, 9.17) is 0 Å². The first kappa shape index (κ1) is 17.7. The maximum atomic E-state index is 9.77. The Bertz CT molecular complexity index is 370. The fourth-order valence-electron chi connectivity index (χ4n) is 1.38. The summed E-state index contributed by atoms with van der Waals surface area (Å²) in [6.07, 6.45) is -3.61. The first-order chi connectivity index (χ1) is 9.56. The fraction of sp³-hybridized carbons (Fsp3) is 0.583. The van der Waals surface area contributed by atoms with Gasteiger partial charge in [0.05, 0.1) is 12.7 Å². The van der Waals surface area contributed by atoms with Crippen LogP contribution in [0.4, 0.5) is 0 Å². The van der Waals surface area contributed by atoms with E-state index in [2.05, 4.69) is 9.72 Å². The van der Waals surface area contributed by atoms with Gasteiger partial charge in [0.15, 0.2) is 0 Å². The normalized spacial score (nSPS) is 17.4. The van der Waals surface area contributed by atoms with Crippen molar-refractivity contribution in [3.63, 3.8) is 0 Å². The first-order valence-electron chi connectivity index (χ1n) is 5.98. The Balaban J connectivity index is 2.32. The summed E-state index contributed by atoms with van der Waals surface area (Å²) in [5, 5.41) is 39.4. The molecule has 0 aliphatic heterocycles. The molecule has 8 heteroatoms. The number of hydrogen-bond acceptors (Lipinski definition) is 8. The molecule has 1 rings (SSSR count). The lowest BCUT2D eigenvalue weighted by atomic mass is 10.0. The van der Waals surface area contributed by atoms with Crippen LogP contribution in [0.3, 0.4) is 0 Å². The van der Waals surface area contributed by atoms with Gasteiger partial charge in [0.25, 0.3) is 0 Å². The molecule has 4 N–H and O–H groups in total. The van der Waals surface area contributed by atoms with E-state index in [1.807, 2.05) is 12.1 Å². The molecule has 6 nitrogen and oxygen atoms in total. The van der Waals surface area contributed by atoms with Crippen LogP contribution < -0.4 is 0 Å². The maximum absolute atomic E-state index is 9.77. The van der Waals surface area contributed by atoms with Crippen molar-refractivity contribution in [3.8, 4) is 0 Å². The highest BCUT2D eigenvalue weighted by Crippen LogP contribution is 2.30. The van der Waals surface area contributed by atoms with Gasteiger partial charge in [-0.25, -0.2) is 4.98 Å². The van der Waals surface area contributed by atoms with Gasteiger partial charge in [-0.05, 0) is 22.9 Å². The van der Waals surface area contributed by atoms with Crippen molar-refractivity contribution >= 4 is 21.6 Å². The molecular weight excluding hydrogens is 302 g/mol. The minimum Gasteiger partial charge on any atom is -0.389 e. The Morgan fingerprint density at radius 1 is 1.15 bits per heavy atom. The van der Waals surface area contributed by atoms with Gasteiger partial charge in [0, 0.05) is 19.1 Å². The third kappa shape index (κ3) is 5.96. The van der Waals surface area contributed by atoms with E-state index in [1.54, 1.807) is 12.3 Å². The molecule has 20 heavy (non-hydrogen) atoms. The standard InChI is InChI=1S/C12H19NO5S2/c1-18-6-8(14)11(16)12(17)9(15)7-19-20-10-4-2-3-5-13-10/h2-5,8-9,11-12,14-17H,6-7H2,1H3/t8-,9-,11-,12-/m1/s1. The van der Waals surface area contributed by atoms with Crippen LogP contribution in [0.1, 0.15) is 0 Å². The second-order valence-corrected chi connectivity index (χ2v) is 6.47. The third-order valence-electron chi connectivity index (χ3n) is 2.50.